The van der Waals surface area contributed by atoms with Crippen LogP contribution in [-0.4, -0.2) is 27.6 Å². The summed E-state index contributed by atoms with van der Waals surface area (Å²) in [6.45, 7) is 7.95. The van der Waals surface area contributed by atoms with E-state index >= 15 is 0 Å². The molecule has 25 heavy (non-hydrogen) atoms. The Morgan fingerprint density at radius 3 is 2.84 bits per heavy atom. The number of aromatic hydroxyl groups is 1. The van der Waals surface area contributed by atoms with Crippen LogP contribution in [0.1, 0.15) is 28.8 Å². The molecule has 0 saturated carbocycles. The number of phenols is 1. The van der Waals surface area contributed by atoms with Crippen LogP contribution in [-0.2, 0) is 0 Å². The number of fused-ring (bicyclic) bond motifs is 1. The summed E-state index contributed by atoms with van der Waals surface area (Å²) in [5.41, 5.74) is 1.49. The van der Waals surface area contributed by atoms with E-state index in [0.29, 0.717) is 29.1 Å². The first-order valence-electron chi connectivity index (χ1n) is 7.92. The van der Waals surface area contributed by atoms with Gasteiger partial charge in [-0.3, -0.25) is 4.79 Å². The van der Waals surface area contributed by atoms with E-state index < -0.39 is 0 Å². The van der Waals surface area contributed by atoms with Crippen LogP contribution in [0.5, 0.6) is 11.5 Å². The van der Waals surface area contributed by atoms with Gasteiger partial charge in [-0.15, -0.1) is 11.3 Å². The maximum Gasteiger partial charge on any atom is 0.283 e. The molecular weight excluding hydrogens is 338 g/mol. The van der Waals surface area contributed by atoms with Crippen LogP contribution < -0.4 is 10.3 Å². The molecule has 2 heterocycles. The quantitative estimate of drug-likeness (QED) is 0.726. The third-order valence-electron chi connectivity index (χ3n) is 3.95. The first kappa shape index (κ1) is 17.2. The van der Waals surface area contributed by atoms with Crippen molar-refractivity contribution in [3.05, 3.63) is 50.4 Å². The summed E-state index contributed by atoms with van der Waals surface area (Å²) in [4.78, 5) is 19.1. The Bertz CT molecular complexity index is 1030. The highest BCUT2D eigenvalue weighted by Crippen LogP contribution is 2.27. The molecule has 0 unspecified atom stereocenters. The van der Waals surface area contributed by atoms with Crippen LogP contribution >= 0.6 is 11.3 Å². The van der Waals surface area contributed by atoms with E-state index in [1.54, 1.807) is 25.3 Å². The maximum atomic E-state index is 12.8. The molecule has 3 rings (SSSR count). The van der Waals surface area contributed by atoms with E-state index in [1.165, 1.54) is 22.1 Å². The number of phenolic OH excluding ortho intramolecular Hbond substituents is 1. The SMILES string of the molecule is CCOc1cc(C=Nn2c(C)nc3sc(C)c(C)c3c2=O)ccc1O. The highest BCUT2D eigenvalue weighted by Gasteiger charge is 2.14. The van der Waals surface area contributed by atoms with Crippen LogP contribution in [0.15, 0.2) is 28.1 Å². The predicted octanol–water partition coefficient (Wildman–Crippen LogP) is 3.37. The lowest BCUT2D eigenvalue weighted by molar-refractivity contribution is 0.318. The van der Waals surface area contributed by atoms with Gasteiger partial charge in [0.1, 0.15) is 10.7 Å². The van der Waals surface area contributed by atoms with E-state index in [-0.39, 0.29) is 11.3 Å². The Balaban J connectivity index is 2.06. The smallest absolute Gasteiger partial charge is 0.283 e. The standard InChI is InChI=1S/C18H19N3O3S/c1-5-24-15-8-13(6-7-14(15)22)9-19-21-12(4)20-17-16(18(21)23)10(2)11(3)25-17/h6-9,22H,5H2,1-4H3. The Morgan fingerprint density at radius 2 is 2.12 bits per heavy atom. The number of aromatic nitrogens is 2. The monoisotopic (exact) mass is 357 g/mol. The fraction of sp³-hybridized carbons (Fsp3) is 0.278. The minimum Gasteiger partial charge on any atom is -0.504 e. The lowest BCUT2D eigenvalue weighted by atomic mass is 10.2. The van der Waals surface area contributed by atoms with Gasteiger partial charge in [-0.05, 0) is 57.0 Å². The van der Waals surface area contributed by atoms with Crippen molar-refractivity contribution in [1.29, 1.82) is 0 Å². The molecule has 0 atom stereocenters. The zero-order valence-corrected chi connectivity index (χ0v) is 15.3. The van der Waals surface area contributed by atoms with E-state index in [1.807, 2.05) is 20.8 Å². The van der Waals surface area contributed by atoms with Crippen LogP contribution in [0.3, 0.4) is 0 Å². The van der Waals surface area contributed by atoms with Crippen molar-refractivity contribution in [3.8, 4) is 11.5 Å². The molecule has 0 radical (unpaired) electrons. The summed E-state index contributed by atoms with van der Waals surface area (Å²) in [7, 11) is 0. The zero-order valence-electron chi connectivity index (χ0n) is 14.5. The summed E-state index contributed by atoms with van der Waals surface area (Å²) < 4.78 is 6.66. The fourth-order valence-electron chi connectivity index (χ4n) is 2.53. The van der Waals surface area contributed by atoms with Gasteiger partial charge in [-0.2, -0.15) is 9.78 Å². The first-order valence-corrected chi connectivity index (χ1v) is 8.73. The van der Waals surface area contributed by atoms with E-state index in [2.05, 4.69) is 10.1 Å². The average molecular weight is 357 g/mol. The number of rotatable bonds is 4. The van der Waals surface area contributed by atoms with Crippen LogP contribution in [0.25, 0.3) is 10.2 Å². The number of hydrogen-bond acceptors (Lipinski definition) is 6. The summed E-state index contributed by atoms with van der Waals surface area (Å²) in [5.74, 6) is 0.979. The summed E-state index contributed by atoms with van der Waals surface area (Å²) in [6, 6.07) is 4.91. The summed E-state index contributed by atoms with van der Waals surface area (Å²) in [5, 5.41) is 14.7. The lowest BCUT2D eigenvalue weighted by Crippen LogP contribution is -2.20. The van der Waals surface area contributed by atoms with Gasteiger partial charge in [0, 0.05) is 4.88 Å². The molecule has 1 aromatic carbocycles. The summed E-state index contributed by atoms with van der Waals surface area (Å²) in [6.07, 6.45) is 1.55. The number of ether oxygens (including phenoxy) is 1. The Labute approximate surface area is 149 Å². The Hall–Kier alpha value is -2.67. The van der Waals surface area contributed by atoms with Gasteiger partial charge in [0.15, 0.2) is 11.5 Å². The van der Waals surface area contributed by atoms with Crippen LogP contribution in [0, 0.1) is 20.8 Å². The van der Waals surface area contributed by atoms with Gasteiger partial charge in [0.25, 0.3) is 5.56 Å². The number of hydrogen-bond donors (Lipinski definition) is 1. The molecule has 7 heteroatoms. The molecule has 6 nitrogen and oxygen atoms in total. The molecule has 0 fully saturated rings. The van der Waals surface area contributed by atoms with Crippen molar-refractivity contribution in [3.63, 3.8) is 0 Å². The normalized spacial score (nSPS) is 11.5. The number of benzene rings is 1. The highest BCUT2D eigenvalue weighted by molar-refractivity contribution is 7.18. The zero-order chi connectivity index (χ0) is 18.1. The minimum absolute atomic E-state index is 0.0693. The largest absolute Gasteiger partial charge is 0.504 e. The molecule has 2 aromatic heterocycles. The third-order valence-corrected chi connectivity index (χ3v) is 5.05. The van der Waals surface area contributed by atoms with E-state index in [9.17, 15) is 9.90 Å². The fourth-order valence-corrected chi connectivity index (χ4v) is 3.59. The molecule has 3 aromatic rings. The Morgan fingerprint density at radius 1 is 1.36 bits per heavy atom. The first-order chi connectivity index (χ1) is 11.9. The molecule has 130 valence electrons. The maximum absolute atomic E-state index is 12.8. The van der Waals surface area contributed by atoms with Gasteiger partial charge in [-0.1, -0.05) is 0 Å². The number of thiophene rings is 1. The Kier molecular flexibility index (Phi) is 4.59. The van der Waals surface area contributed by atoms with Crippen LogP contribution in [0.2, 0.25) is 0 Å². The van der Waals surface area contributed by atoms with Gasteiger partial charge in [0.2, 0.25) is 0 Å². The highest BCUT2D eigenvalue weighted by atomic mass is 32.1. The molecule has 0 saturated heterocycles. The molecule has 0 aliphatic heterocycles. The van der Waals surface area contributed by atoms with E-state index in [4.69, 9.17) is 4.74 Å². The van der Waals surface area contributed by atoms with Gasteiger partial charge in [-0.25, -0.2) is 4.98 Å². The molecule has 0 spiro atoms. The van der Waals surface area contributed by atoms with E-state index in [0.717, 1.165) is 15.3 Å². The number of nitrogens with zero attached hydrogens (tertiary/aromatic N) is 3. The van der Waals surface area contributed by atoms with Gasteiger partial charge < -0.3 is 9.84 Å². The second-order valence-electron chi connectivity index (χ2n) is 5.64. The summed E-state index contributed by atoms with van der Waals surface area (Å²) >= 11 is 1.52. The van der Waals surface area contributed by atoms with Gasteiger partial charge in [0.05, 0.1) is 18.2 Å². The molecule has 0 aliphatic rings. The van der Waals surface area contributed by atoms with Crippen molar-refractivity contribution in [2.24, 2.45) is 5.10 Å². The van der Waals surface area contributed by atoms with Crippen molar-refractivity contribution in [1.82, 2.24) is 9.66 Å². The third kappa shape index (κ3) is 3.15. The molecule has 0 bridgehead atoms. The topological polar surface area (TPSA) is 76.7 Å². The second kappa shape index (κ2) is 6.68. The lowest BCUT2D eigenvalue weighted by Gasteiger charge is -2.06. The molecular formula is C18H19N3O3S. The van der Waals surface area contributed by atoms with Crippen molar-refractivity contribution < 1.29 is 9.84 Å². The average Bonchev–Trinajstić information content (AvgIpc) is 2.84. The minimum atomic E-state index is -0.176. The van der Waals surface area contributed by atoms with Crippen molar-refractivity contribution >= 4 is 27.8 Å². The van der Waals surface area contributed by atoms with Gasteiger partial charge >= 0.3 is 0 Å². The number of aryl methyl sites for hydroxylation is 3. The molecule has 1 N–H and O–H groups in total. The van der Waals surface area contributed by atoms with Crippen molar-refractivity contribution in [2.45, 2.75) is 27.7 Å². The second-order valence-corrected chi connectivity index (χ2v) is 6.85. The molecule has 0 aliphatic carbocycles. The predicted molar refractivity (Wildman–Crippen MR) is 100 cm³/mol. The van der Waals surface area contributed by atoms with Crippen molar-refractivity contribution in [2.75, 3.05) is 6.61 Å². The van der Waals surface area contributed by atoms with Crippen LogP contribution in [0.4, 0.5) is 0 Å². The molecule has 0 amide bonds.